The molecule has 0 heterocycles. The number of hydrogen-bond acceptors (Lipinski definition) is 1. The molecule has 1 nitrogen and oxygen atoms in total. The number of rotatable bonds is 3. The molecule has 0 amide bonds. The van der Waals surface area contributed by atoms with E-state index in [1.807, 2.05) is 0 Å². The predicted molar refractivity (Wildman–Crippen MR) is 55.9 cm³/mol. The van der Waals surface area contributed by atoms with Crippen molar-refractivity contribution in [2.45, 2.75) is 13.3 Å². The first-order valence-corrected chi connectivity index (χ1v) is 4.59. The zero-order valence-electron chi connectivity index (χ0n) is 7.76. The number of aldehydes is 1. The van der Waals surface area contributed by atoms with Crippen molar-refractivity contribution in [2.75, 3.05) is 0 Å². The molecule has 0 spiro atoms. The number of carbonyl (C=O) groups excluding carboxylic acids is 1. The highest BCUT2D eigenvalue weighted by atomic mass is 35.5. The van der Waals surface area contributed by atoms with Crippen LogP contribution >= 0.6 is 11.6 Å². The van der Waals surface area contributed by atoms with Crippen LogP contribution in [0.3, 0.4) is 0 Å². The Bertz CT molecular complexity index is 372. The summed E-state index contributed by atoms with van der Waals surface area (Å²) in [5, 5.41) is 0.396. The van der Waals surface area contributed by atoms with Crippen LogP contribution in [-0.4, -0.2) is 6.29 Å². The molecule has 0 aliphatic rings. The Hall–Kier alpha value is -1.15. The summed E-state index contributed by atoms with van der Waals surface area (Å²) in [6.45, 7) is 1.62. The summed E-state index contributed by atoms with van der Waals surface area (Å²) in [5.74, 6) is -0.317. The van der Waals surface area contributed by atoms with Gasteiger partial charge in [0.05, 0.1) is 5.02 Å². The smallest absolute Gasteiger partial charge is 0.127 e. The van der Waals surface area contributed by atoms with Gasteiger partial charge >= 0.3 is 0 Å². The molecule has 0 N–H and O–H groups in total. The second kappa shape index (κ2) is 4.91. The van der Waals surface area contributed by atoms with Gasteiger partial charge in [-0.05, 0) is 18.6 Å². The maximum absolute atomic E-state index is 13.0. The summed E-state index contributed by atoms with van der Waals surface area (Å²) in [4.78, 5) is 10.1. The van der Waals surface area contributed by atoms with E-state index in [4.69, 9.17) is 11.6 Å². The molecule has 14 heavy (non-hydrogen) atoms. The monoisotopic (exact) mass is 212 g/mol. The Morgan fingerprint density at radius 2 is 2.21 bits per heavy atom. The minimum atomic E-state index is -0.317. The lowest BCUT2D eigenvalue weighted by atomic mass is 10.1. The third kappa shape index (κ3) is 2.42. The zero-order chi connectivity index (χ0) is 10.6. The Kier molecular flexibility index (Phi) is 3.84. The lowest BCUT2D eigenvalue weighted by molar-refractivity contribution is -0.107. The number of carbonyl (C=O) groups is 1. The molecule has 1 rings (SSSR count). The molecular formula is C11H10ClFO. The van der Waals surface area contributed by atoms with E-state index in [1.165, 1.54) is 6.07 Å². The van der Waals surface area contributed by atoms with Gasteiger partial charge in [0.1, 0.15) is 12.1 Å². The fourth-order valence-electron chi connectivity index (χ4n) is 1.06. The molecule has 0 bridgehead atoms. The summed E-state index contributed by atoms with van der Waals surface area (Å²) >= 11 is 5.90. The third-order valence-electron chi connectivity index (χ3n) is 1.88. The largest absolute Gasteiger partial charge is 0.303 e. The predicted octanol–water partition coefficient (Wildman–Crippen LogP) is 3.39. The second-order valence-corrected chi connectivity index (χ2v) is 3.26. The van der Waals surface area contributed by atoms with Crippen molar-refractivity contribution in [3.63, 3.8) is 0 Å². The number of hydrogen-bond donors (Lipinski definition) is 0. The standard InChI is InChI=1S/C11H10ClFO/c1-8-10(13)6-5-9(11(8)12)4-2-3-7-14/h2,4-7H,3H2,1H3. The van der Waals surface area contributed by atoms with Crippen LogP contribution in [-0.2, 0) is 4.79 Å². The molecule has 1 aromatic rings. The average molecular weight is 213 g/mol. The van der Waals surface area contributed by atoms with Gasteiger partial charge in [0.2, 0.25) is 0 Å². The fourth-order valence-corrected chi connectivity index (χ4v) is 1.28. The van der Waals surface area contributed by atoms with Crippen LogP contribution < -0.4 is 0 Å². The number of halogens is 2. The summed E-state index contributed by atoms with van der Waals surface area (Å²) in [6.07, 6.45) is 4.53. The van der Waals surface area contributed by atoms with E-state index in [-0.39, 0.29) is 5.82 Å². The van der Waals surface area contributed by atoms with Gasteiger partial charge in [0.15, 0.2) is 0 Å². The van der Waals surface area contributed by atoms with Crippen LogP contribution in [0.4, 0.5) is 4.39 Å². The first kappa shape index (κ1) is 10.9. The van der Waals surface area contributed by atoms with Gasteiger partial charge in [-0.3, -0.25) is 0 Å². The van der Waals surface area contributed by atoms with Crippen molar-refractivity contribution >= 4 is 24.0 Å². The van der Waals surface area contributed by atoms with Gasteiger partial charge in [-0.15, -0.1) is 0 Å². The molecule has 74 valence electrons. The maximum Gasteiger partial charge on any atom is 0.127 e. The highest BCUT2D eigenvalue weighted by Crippen LogP contribution is 2.24. The van der Waals surface area contributed by atoms with Crippen molar-refractivity contribution in [3.8, 4) is 0 Å². The molecule has 0 fully saturated rings. The molecule has 3 heteroatoms. The van der Waals surface area contributed by atoms with Gasteiger partial charge in [0, 0.05) is 12.0 Å². The summed E-state index contributed by atoms with van der Waals surface area (Å²) in [6, 6.07) is 2.95. The highest BCUT2D eigenvalue weighted by Gasteiger charge is 2.04. The molecule has 0 atom stereocenters. The third-order valence-corrected chi connectivity index (χ3v) is 2.38. The van der Waals surface area contributed by atoms with Crippen molar-refractivity contribution in [3.05, 3.63) is 40.2 Å². The van der Waals surface area contributed by atoms with Gasteiger partial charge < -0.3 is 4.79 Å². The first-order valence-electron chi connectivity index (χ1n) is 4.21. The molecule has 0 aliphatic heterocycles. The van der Waals surface area contributed by atoms with Crippen molar-refractivity contribution in [1.82, 2.24) is 0 Å². The summed E-state index contributed by atoms with van der Waals surface area (Å²) in [7, 11) is 0. The van der Waals surface area contributed by atoms with Crippen LogP contribution in [0.2, 0.25) is 5.02 Å². The minimum absolute atomic E-state index is 0.317. The lowest BCUT2D eigenvalue weighted by Gasteiger charge is -2.02. The van der Waals surface area contributed by atoms with Gasteiger partial charge in [-0.25, -0.2) is 4.39 Å². The van der Waals surface area contributed by atoms with Crippen molar-refractivity contribution in [2.24, 2.45) is 0 Å². The Labute approximate surface area is 87.2 Å². The van der Waals surface area contributed by atoms with Crippen LogP contribution in [0, 0.1) is 12.7 Å². The molecular weight excluding hydrogens is 203 g/mol. The fraction of sp³-hybridized carbons (Fsp3) is 0.182. The average Bonchev–Trinajstić information content (AvgIpc) is 2.18. The SMILES string of the molecule is Cc1c(F)ccc(C=CCC=O)c1Cl. The number of benzene rings is 1. The topological polar surface area (TPSA) is 17.1 Å². The second-order valence-electron chi connectivity index (χ2n) is 2.88. The Morgan fingerprint density at radius 1 is 1.50 bits per heavy atom. The molecule has 0 saturated carbocycles. The number of allylic oxidation sites excluding steroid dienone is 1. The van der Waals surface area contributed by atoms with E-state index >= 15 is 0 Å². The molecule has 0 saturated heterocycles. The van der Waals surface area contributed by atoms with Gasteiger partial charge in [0.25, 0.3) is 0 Å². The molecule has 0 aliphatic carbocycles. The Morgan fingerprint density at radius 3 is 2.86 bits per heavy atom. The van der Waals surface area contributed by atoms with Crippen molar-refractivity contribution in [1.29, 1.82) is 0 Å². The molecule has 1 aromatic carbocycles. The molecule has 0 unspecified atom stereocenters. The van der Waals surface area contributed by atoms with E-state index in [2.05, 4.69) is 0 Å². The summed E-state index contributed by atoms with van der Waals surface area (Å²) < 4.78 is 13.0. The summed E-state index contributed by atoms with van der Waals surface area (Å²) in [5.41, 5.74) is 1.16. The first-order chi connectivity index (χ1) is 6.66. The normalized spacial score (nSPS) is 10.8. The maximum atomic E-state index is 13.0. The van der Waals surface area contributed by atoms with Crippen LogP contribution in [0.25, 0.3) is 6.08 Å². The quantitative estimate of drug-likeness (QED) is 0.702. The van der Waals surface area contributed by atoms with Crippen LogP contribution in [0.15, 0.2) is 18.2 Å². The minimum Gasteiger partial charge on any atom is -0.303 e. The van der Waals surface area contributed by atoms with E-state index in [1.54, 1.807) is 25.1 Å². The molecule has 0 aromatic heterocycles. The highest BCUT2D eigenvalue weighted by molar-refractivity contribution is 6.32. The van der Waals surface area contributed by atoms with Crippen LogP contribution in [0.5, 0.6) is 0 Å². The van der Waals surface area contributed by atoms with Gasteiger partial charge in [-0.1, -0.05) is 29.8 Å². The Balaban J connectivity index is 2.99. The molecule has 0 radical (unpaired) electrons. The zero-order valence-corrected chi connectivity index (χ0v) is 8.51. The van der Waals surface area contributed by atoms with Crippen LogP contribution in [0.1, 0.15) is 17.5 Å². The van der Waals surface area contributed by atoms with E-state index in [9.17, 15) is 9.18 Å². The van der Waals surface area contributed by atoms with E-state index < -0.39 is 0 Å². The van der Waals surface area contributed by atoms with Crippen molar-refractivity contribution < 1.29 is 9.18 Å². The van der Waals surface area contributed by atoms with E-state index in [0.717, 1.165) is 11.8 Å². The van der Waals surface area contributed by atoms with E-state index in [0.29, 0.717) is 17.0 Å². The van der Waals surface area contributed by atoms with Gasteiger partial charge in [-0.2, -0.15) is 0 Å². The lowest BCUT2D eigenvalue weighted by Crippen LogP contribution is -1.86.